The Kier molecular flexibility index (Phi) is 21.2. The van der Waals surface area contributed by atoms with Crippen molar-refractivity contribution >= 4 is 33.9 Å². The van der Waals surface area contributed by atoms with Gasteiger partial charge in [0.2, 0.25) is 0 Å². The molecular weight excluding hydrogens is 922 g/mol. The summed E-state index contributed by atoms with van der Waals surface area (Å²) in [6.45, 7) is 1.99. The van der Waals surface area contributed by atoms with Crippen LogP contribution in [-0.4, -0.2) is 56.7 Å². The quantitative estimate of drug-likeness (QED) is 0.0459. The number of ether oxygens (including phenoxy) is 5. The molecule has 0 saturated heterocycles. The van der Waals surface area contributed by atoms with E-state index in [9.17, 15) is 23.5 Å². The molecule has 13 nitrogen and oxygen atoms in total. The summed E-state index contributed by atoms with van der Waals surface area (Å²) in [4.78, 5) is 23.2. The van der Waals surface area contributed by atoms with Gasteiger partial charge in [-0.2, -0.15) is 0 Å². The number of carboxylic acid groups (broad SMARTS) is 1. The van der Waals surface area contributed by atoms with Crippen LogP contribution < -0.4 is 39.8 Å². The number of hydrogen-bond donors (Lipinski definition) is 3. The number of fused-ring (bicyclic) bond motifs is 2. The van der Waals surface area contributed by atoms with E-state index in [4.69, 9.17) is 44.0 Å². The molecule has 0 fully saturated rings. The van der Waals surface area contributed by atoms with Crippen LogP contribution >= 0.6 is 0 Å². The molecule has 0 amide bonds. The van der Waals surface area contributed by atoms with Gasteiger partial charge in [0.1, 0.15) is 74.0 Å². The number of esters is 1. The van der Waals surface area contributed by atoms with Crippen LogP contribution in [0.4, 0.5) is 8.78 Å². The molecule has 0 radical (unpaired) electrons. The fourth-order valence-electron chi connectivity index (χ4n) is 8.05. The van der Waals surface area contributed by atoms with E-state index in [1.54, 1.807) is 45.4 Å². The second kappa shape index (κ2) is 27.1. The molecule has 0 bridgehead atoms. The molecule has 6 N–H and O–H groups in total. The Morgan fingerprint density at radius 3 is 1.46 bits per heavy atom. The first-order valence-corrected chi connectivity index (χ1v) is 22.7. The Labute approximate surface area is 428 Å². The third kappa shape index (κ3) is 14.4. The number of para-hydroxylation sites is 2. The van der Waals surface area contributed by atoms with E-state index in [2.05, 4.69) is 0 Å². The number of aliphatic carboxylic acids is 1. The van der Waals surface area contributed by atoms with Gasteiger partial charge in [-0.3, -0.25) is 9.59 Å². The second-order valence-corrected chi connectivity index (χ2v) is 16.5. The predicted octanol–water partition coefficient (Wildman–Crippen LogP) is 8.15. The number of halogens is 2. The third-order valence-corrected chi connectivity index (χ3v) is 11.3. The van der Waals surface area contributed by atoms with Gasteiger partial charge in [-0.25, -0.2) is 8.78 Å². The molecule has 2 heterocycles. The Balaban J connectivity index is 0.000000261. The maximum absolute atomic E-state index is 13.2. The molecule has 8 aromatic rings. The van der Waals surface area contributed by atoms with Crippen molar-refractivity contribution in [3.05, 3.63) is 178 Å². The van der Waals surface area contributed by atoms with Crippen molar-refractivity contribution in [3.63, 3.8) is 0 Å². The molecule has 2 atom stereocenters. The summed E-state index contributed by atoms with van der Waals surface area (Å²) in [5, 5.41) is 11.0. The van der Waals surface area contributed by atoms with Crippen LogP contribution in [0.1, 0.15) is 63.9 Å². The van der Waals surface area contributed by atoms with E-state index in [0.29, 0.717) is 70.7 Å². The average molecular weight is 979 g/mol. The number of carboxylic acids is 1. The number of hydrogen-bond acceptors (Lipinski definition) is 12. The Bertz CT molecular complexity index is 3050. The smallest absolute Gasteiger partial charge is 0.870 e. The monoisotopic (exact) mass is 978 g/mol. The van der Waals surface area contributed by atoms with Gasteiger partial charge in [0, 0.05) is 47.2 Å². The number of alkyl halides is 2. The molecule has 0 aliphatic carbocycles. The van der Waals surface area contributed by atoms with Crippen molar-refractivity contribution in [2.45, 2.75) is 58.3 Å². The average Bonchev–Trinajstić information content (AvgIpc) is 3.98. The van der Waals surface area contributed by atoms with E-state index in [1.165, 1.54) is 0 Å². The number of furan rings is 2. The molecule has 0 spiro atoms. The molecule has 6 aromatic carbocycles. The van der Waals surface area contributed by atoms with E-state index in [0.717, 1.165) is 49.7 Å². The zero-order valence-corrected chi connectivity index (χ0v) is 40.7. The molecule has 0 aliphatic heterocycles. The van der Waals surface area contributed by atoms with E-state index in [1.807, 2.05) is 109 Å². The molecule has 0 aliphatic rings. The molecule has 372 valence electrons. The van der Waals surface area contributed by atoms with Crippen molar-refractivity contribution in [3.8, 4) is 33.8 Å². The Morgan fingerprint density at radius 2 is 1.04 bits per heavy atom. The Morgan fingerprint density at radius 1 is 0.597 bits per heavy atom. The van der Waals surface area contributed by atoms with Gasteiger partial charge >= 0.3 is 30.8 Å². The van der Waals surface area contributed by atoms with Gasteiger partial charge < -0.3 is 54.6 Å². The van der Waals surface area contributed by atoms with E-state index in [-0.39, 0.29) is 56.4 Å². The van der Waals surface area contributed by atoms with Crippen molar-refractivity contribution in [1.29, 1.82) is 0 Å². The van der Waals surface area contributed by atoms with Crippen LogP contribution in [0.25, 0.3) is 44.2 Å². The Hall–Kier alpha value is -6.80. The van der Waals surface area contributed by atoms with Gasteiger partial charge in [0.25, 0.3) is 0 Å². The first-order chi connectivity index (χ1) is 34.0. The maximum atomic E-state index is 13.2. The summed E-state index contributed by atoms with van der Waals surface area (Å²) in [7, 11) is 3.21. The zero-order valence-electron chi connectivity index (χ0n) is 40.7. The first kappa shape index (κ1) is 56.1. The summed E-state index contributed by atoms with van der Waals surface area (Å²) in [5.41, 5.74) is 21.2. The van der Waals surface area contributed by atoms with Crippen molar-refractivity contribution in [2.24, 2.45) is 11.5 Å². The minimum absolute atomic E-state index is 0. The molecule has 16 heteroatoms. The third-order valence-electron chi connectivity index (χ3n) is 11.3. The standard InChI is InChI=1S/C29H30FNO5.C27H26FNO5.Li.H2O/c1-3-34-28(32)15-22-7-4-5-10-27(22)35-17-19-11-23-14-24(18-33-2)36-29(23)25(12-19)20-8-6-9-21(13-20)26(31)16-30;1-32-16-22-12-21-9-17(15-33-25-8-3-2-5-20(25)13-26(30)31)10-23(27(21)34-22)18-6-4-7-19(11-18)24(29)14-28;;/h4-14,26H,3,15-18,31H2,1-2H3;2-12,24H,13-16,29H2,1H3,(H,30,31);;1H2/q;;+1;/p-1. The number of rotatable bonds is 21. The summed E-state index contributed by atoms with van der Waals surface area (Å²) in [6.07, 6.45) is 0.0161. The number of nitrogens with two attached hydrogens (primary N) is 2. The number of carbonyl (C=O) groups excluding carboxylic acids is 1. The normalized spacial score (nSPS) is 11.7. The number of carbonyl (C=O) groups is 2. The van der Waals surface area contributed by atoms with Crippen molar-refractivity contribution < 1.29 is 80.3 Å². The van der Waals surface area contributed by atoms with Gasteiger partial charge in [0.15, 0.2) is 0 Å². The summed E-state index contributed by atoms with van der Waals surface area (Å²) < 4.78 is 66.3. The van der Waals surface area contributed by atoms with Crippen LogP contribution in [0.3, 0.4) is 0 Å². The fourth-order valence-corrected chi connectivity index (χ4v) is 8.05. The van der Waals surface area contributed by atoms with Crippen LogP contribution in [0.2, 0.25) is 0 Å². The van der Waals surface area contributed by atoms with Gasteiger partial charge in [-0.15, -0.1) is 0 Å². The van der Waals surface area contributed by atoms with Gasteiger partial charge in [-0.05, 0) is 101 Å². The molecular formula is C56H57F2LiN2O11. The molecule has 2 aromatic heterocycles. The maximum Gasteiger partial charge on any atom is 1.00 e. The fraction of sp³-hybridized carbons (Fsp3) is 0.250. The topological polar surface area (TPSA) is 209 Å². The number of methoxy groups -OCH3 is 2. The van der Waals surface area contributed by atoms with E-state index < -0.39 is 31.4 Å². The predicted molar refractivity (Wildman–Crippen MR) is 266 cm³/mol. The van der Waals surface area contributed by atoms with Crippen molar-refractivity contribution in [2.75, 3.05) is 34.2 Å². The number of benzene rings is 6. The van der Waals surface area contributed by atoms with Crippen LogP contribution in [-0.2, 0) is 63.1 Å². The minimum atomic E-state index is -0.921. The first-order valence-electron chi connectivity index (χ1n) is 22.7. The summed E-state index contributed by atoms with van der Waals surface area (Å²) in [6, 6.07) is 39.9. The SMILES string of the molecule is CCOC(=O)Cc1ccccc1OCc1cc(-c2cccc(C(N)CF)c2)c2oc(COC)cc2c1.COCc1cc2cc(COc3ccccc3CC(=O)O)cc(-c3cccc(C(N)CF)c3)c2o1.[Li+].[OH-]. The molecule has 2 unspecified atom stereocenters. The summed E-state index contributed by atoms with van der Waals surface area (Å²) >= 11 is 0. The van der Waals surface area contributed by atoms with Gasteiger partial charge in [-0.1, -0.05) is 72.8 Å². The summed E-state index contributed by atoms with van der Waals surface area (Å²) in [5.74, 6) is 1.30. The zero-order chi connectivity index (χ0) is 49.6. The molecule has 72 heavy (non-hydrogen) atoms. The van der Waals surface area contributed by atoms with Gasteiger partial charge in [0.05, 0.1) is 31.5 Å². The van der Waals surface area contributed by atoms with Crippen LogP contribution in [0.5, 0.6) is 11.5 Å². The molecule has 0 saturated carbocycles. The van der Waals surface area contributed by atoms with Crippen LogP contribution in [0.15, 0.2) is 142 Å². The second-order valence-electron chi connectivity index (χ2n) is 16.5. The largest absolute Gasteiger partial charge is 1.00 e. The minimum Gasteiger partial charge on any atom is -0.870 e. The van der Waals surface area contributed by atoms with Crippen LogP contribution in [0, 0.1) is 0 Å². The van der Waals surface area contributed by atoms with Crippen molar-refractivity contribution in [1.82, 2.24) is 0 Å². The molecule has 8 rings (SSSR count). The van der Waals surface area contributed by atoms with E-state index >= 15 is 0 Å².